The number of piperazine rings is 1. The lowest BCUT2D eigenvalue weighted by atomic mass is 10.1. The smallest absolute Gasteiger partial charge is 0.409 e. The molecule has 1 aliphatic rings. The molecule has 0 bridgehead atoms. The summed E-state index contributed by atoms with van der Waals surface area (Å²) in [6.07, 6.45) is 7.73. The molecule has 1 atom stereocenters. The van der Waals surface area contributed by atoms with Crippen LogP contribution in [-0.4, -0.2) is 68.7 Å². The Morgan fingerprint density at radius 1 is 1.10 bits per heavy atom. The Hall–Kier alpha value is -4.09. The predicted octanol–water partition coefficient (Wildman–Crippen LogP) is 3.64. The number of benzene rings is 1. The second kappa shape index (κ2) is 13.1. The van der Waals surface area contributed by atoms with Gasteiger partial charge in [0.2, 0.25) is 11.9 Å². The van der Waals surface area contributed by atoms with Gasteiger partial charge in [0.25, 0.3) is 0 Å². The minimum atomic E-state index is -0.987. The van der Waals surface area contributed by atoms with Crippen molar-refractivity contribution in [2.45, 2.75) is 52.1 Å². The van der Waals surface area contributed by atoms with Crippen LogP contribution >= 0.6 is 0 Å². The maximum Gasteiger partial charge on any atom is 0.409 e. The third-order valence-electron chi connectivity index (χ3n) is 6.41. The van der Waals surface area contributed by atoms with E-state index in [1.54, 1.807) is 23.3 Å². The van der Waals surface area contributed by atoms with E-state index in [-0.39, 0.29) is 19.0 Å². The molecule has 1 aliphatic heterocycles. The number of anilines is 1. The van der Waals surface area contributed by atoms with Gasteiger partial charge in [0.05, 0.1) is 13.2 Å². The van der Waals surface area contributed by atoms with E-state index in [0.29, 0.717) is 43.4 Å². The Balaban J connectivity index is 1.60. The van der Waals surface area contributed by atoms with Gasteiger partial charge < -0.3 is 19.9 Å². The van der Waals surface area contributed by atoms with E-state index in [4.69, 9.17) is 9.72 Å². The third kappa shape index (κ3) is 7.06. The number of halogens is 2. The molecule has 4 rings (SSSR count). The highest BCUT2D eigenvalue weighted by atomic mass is 19.2. The second-order valence-corrected chi connectivity index (χ2v) is 9.33. The van der Waals surface area contributed by atoms with Crippen LogP contribution in [0.25, 0.3) is 5.95 Å². The summed E-state index contributed by atoms with van der Waals surface area (Å²) in [5.41, 5.74) is 1.23. The molecule has 10 nitrogen and oxygen atoms in total. The molecular weight excluding hydrogens is 508 g/mol. The van der Waals surface area contributed by atoms with Crippen molar-refractivity contribution in [2.24, 2.45) is 0 Å². The van der Waals surface area contributed by atoms with Gasteiger partial charge in [0, 0.05) is 43.8 Å². The van der Waals surface area contributed by atoms with Crippen molar-refractivity contribution in [1.82, 2.24) is 29.7 Å². The van der Waals surface area contributed by atoms with Crippen molar-refractivity contribution < 1.29 is 23.1 Å². The molecule has 1 fully saturated rings. The lowest BCUT2D eigenvalue weighted by molar-refractivity contribution is -0.123. The molecule has 208 valence electrons. The SMILES string of the molecule is CCCCOC(=O)N1CCN(c2cc(CCC)nc(-n3ccnc3)n2)C(C(=O)NCc2ccc(F)c(F)c2)C1. The molecule has 1 saturated heterocycles. The highest BCUT2D eigenvalue weighted by Gasteiger charge is 2.36. The topological polar surface area (TPSA) is 105 Å². The summed E-state index contributed by atoms with van der Waals surface area (Å²) in [5.74, 6) is -1.36. The number of hydrogen-bond donors (Lipinski definition) is 1. The van der Waals surface area contributed by atoms with Crippen LogP contribution in [0.3, 0.4) is 0 Å². The molecule has 0 spiro atoms. The summed E-state index contributed by atoms with van der Waals surface area (Å²) < 4.78 is 34.1. The number of nitrogens with one attached hydrogen (secondary N) is 1. The Kier molecular flexibility index (Phi) is 9.40. The van der Waals surface area contributed by atoms with Crippen LogP contribution in [0.2, 0.25) is 0 Å². The van der Waals surface area contributed by atoms with Crippen LogP contribution in [0.4, 0.5) is 19.4 Å². The summed E-state index contributed by atoms with van der Waals surface area (Å²) in [6.45, 7) is 5.10. The van der Waals surface area contributed by atoms with Gasteiger partial charge in [0.15, 0.2) is 11.6 Å². The zero-order chi connectivity index (χ0) is 27.8. The number of hydrogen-bond acceptors (Lipinski definition) is 7. The second-order valence-electron chi connectivity index (χ2n) is 9.33. The number of unbranched alkanes of at least 4 members (excludes halogenated alkanes) is 1. The van der Waals surface area contributed by atoms with Crippen molar-refractivity contribution in [3.63, 3.8) is 0 Å². The summed E-state index contributed by atoms with van der Waals surface area (Å²) >= 11 is 0. The van der Waals surface area contributed by atoms with E-state index < -0.39 is 23.8 Å². The maximum absolute atomic E-state index is 13.7. The third-order valence-corrected chi connectivity index (χ3v) is 6.41. The fourth-order valence-electron chi connectivity index (χ4n) is 4.29. The molecule has 1 N–H and O–H groups in total. The van der Waals surface area contributed by atoms with Crippen LogP contribution in [0.5, 0.6) is 0 Å². The summed E-state index contributed by atoms with van der Waals surface area (Å²) in [7, 11) is 0. The monoisotopic (exact) mass is 541 g/mol. The van der Waals surface area contributed by atoms with Crippen molar-refractivity contribution in [1.29, 1.82) is 0 Å². The fraction of sp³-hybridized carbons (Fsp3) is 0.444. The molecule has 2 aromatic heterocycles. The molecule has 39 heavy (non-hydrogen) atoms. The van der Waals surface area contributed by atoms with Crippen molar-refractivity contribution >= 4 is 17.8 Å². The molecule has 1 unspecified atom stereocenters. The first-order chi connectivity index (χ1) is 18.9. The van der Waals surface area contributed by atoms with Crippen molar-refractivity contribution in [2.75, 3.05) is 31.1 Å². The van der Waals surface area contributed by atoms with Gasteiger partial charge in [-0.25, -0.2) is 23.5 Å². The summed E-state index contributed by atoms with van der Waals surface area (Å²) in [4.78, 5) is 43.0. The van der Waals surface area contributed by atoms with Gasteiger partial charge in [-0.05, 0) is 30.5 Å². The Labute approximate surface area is 226 Å². The highest BCUT2D eigenvalue weighted by Crippen LogP contribution is 2.23. The Bertz CT molecular complexity index is 1270. The number of carbonyl (C=O) groups is 2. The number of rotatable bonds is 10. The van der Waals surface area contributed by atoms with Crippen LogP contribution in [-0.2, 0) is 22.5 Å². The average molecular weight is 542 g/mol. The molecule has 0 saturated carbocycles. The van der Waals surface area contributed by atoms with E-state index in [1.165, 1.54) is 11.0 Å². The lowest BCUT2D eigenvalue weighted by Gasteiger charge is -2.40. The highest BCUT2D eigenvalue weighted by molar-refractivity contribution is 5.86. The molecule has 0 radical (unpaired) electrons. The van der Waals surface area contributed by atoms with Crippen LogP contribution < -0.4 is 10.2 Å². The quantitative estimate of drug-likeness (QED) is 0.391. The first-order valence-electron chi connectivity index (χ1n) is 13.2. The van der Waals surface area contributed by atoms with Crippen LogP contribution in [0.1, 0.15) is 44.4 Å². The number of amides is 2. The van der Waals surface area contributed by atoms with Gasteiger partial charge in [-0.2, -0.15) is 4.98 Å². The zero-order valence-electron chi connectivity index (χ0n) is 22.1. The minimum Gasteiger partial charge on any atom is -0.449 e. The number of ether oxygens (including phenoxy) is 1. The average Bonchev–Trinajstić information content (AvgIpc) is 3.49. The fourth-order valence-corrected chi connectivity index (χ4v) is 4.29. The van der Waals surface area contributed by atoms with Gasteiger partial charge in [-0.3, -0.25) is 9.36 Å². The number of aromatic nitrogens is 4. The number of aryl methyl sites for hydroxylation is 1. The molecule has 1 aromatic carbocycles. The molecule has 0 aliphatic carbocycles. The number of nitrogens with zero attached hydrogens (tertiary/aromatic N) is 6. The van der Waals surface area contributed by atoms with Gasteiger partial charge in [-0.15, -0.1) is 0 Å². The predicted molar refractivity (Wildman–Crippen MR) is 140 cm³/mol. The van der Waals surface area contributed by atoms with Crippen LogP contribution in [0.15, 0.2) is 43.0 Å². The molecular formula is C27H33F2N7O3. The van der Waals surface area contributed by atoms with Crippen molar-refractivity contribution in [3.8, 4) is 5.95 Å². The largest absolute Gasteiger partial charge is 0.449 e. The standard InChI is InChI=1S/C27H33F2N7O3/c1-3-5-13-39-27(38)34-11-12-36(23(17-34)25(37)31-16-19-7-8-21(28)22(29)14-19)24-15-20(6-4-2)32-26(33-24)35-10-9-30-18-35/h7-10,14-15,18,23H,3-6,11-13,16-17H2,1-2H3,(H,31,37). The van der Waals surface area contributed by atoms with E-state index in [0.717, 1.165) is 37.1 Å². The Morgan fingerprint density at radius 3 is 2.67 bits per heavy atom. The van der Waals surface area contributed by atoms with Crippen molar-refractivity contribution in [3.05, 3.63) is 65.9 Å². The molecule has 3 aromatic rings. The van der Waals surface area contributed by atoms with Gasteiger partial charge >= 0.3 is 6.09 Å². The van der Waals surface area contributed by atoms with Gasteiger partial charge in [0.1, 0.15) is 18.2 Å². The Morgan fingerprint density at radius 2 is 1.95 bits per heavy atom. The maximum atomic E-state index is 13.7. The van der Waals surface area contributed by atoms with E-state index in [9.17, 15) is 18.4 Å². The van der Waals surface area contributed by atoms with Crippen LogP contribution in [0, 0.1) is 11.6 Å². The zero-order valence-corrected chi connectivity index (χ0v) is 22.1. The normalized spacial score (nSPS) is 15.3. The van der Waals surface area contributed by atoms with Gasteiger partial charge in [-0.1, -0.05) is 32.8 Å². The summed E-state index contributed by atoms with van der Waals surface area (Å²) in [5, 5.41) is 2.80. The summed E-state index contributed by atoms with van der Waals surface area (Å²) in [6, 6.07) is 4.53. The first-order valence-corrected chi connectivity index (χ1v) is 13.2. The number of imidazole rings is 1. The van der Waals surface area contributed by atoms with E-state index in [1.807, 2.05) is 17.9 Å². The molecule has 3 heterocycles. The first kappa shape index (κ1) is 27.9. The molecule has 12 heteroatoms. The molecule has 2 amide bonds. The van der Waals surface area contributed by atoms with E-state index >= 15 is 0 Å². The number of carbonyl (C=O) groups excluding carboxylic acids is 2. The lowest BCUT2D eigenvalue weighted by Crippen LogP contribution is -2.60. The minimum absolute atomic E-state index is 0.00748. The van der Waals surface area contributed by atoms with E-state index in [2.05, 4.69) is 22.2 Å².